The normalized spacial score (nSPS) is 10.5. The molecule has 1 aromatic carbocycles. The molecular weight excluding hydrogens is 278 g/mol. The third-order valence-corrected chi connectivity index (χ3v) is 3.37. The number of aryl methyl sites for hydroxylation is 1. The molecule has 0 atom stereocenters. The number of benzene rings is 1. The van der Waals surface area contributed by atoms with Crippen LogP contribution in [0.3, 0.4) is 0 Å². The van der Waals surface area contributed by atoms with Crippen LogP contribution in [0.25, 0.3) is 11.4 Å². The van der Waals surface area contributed by atoms with E-state index in [2.05, 4.69) is 44.2 Å². The van der Waals surface area contributed by atoms with Crippen molar-refractivity contribution in [2.24, 2.45) is 0 Å². The van der Waals surface area contributed by atoms with Gasteiger partial charge in [-0.2, -0.15) is 0 Å². The van der Waals surface area contributed by atoms with Gasteiger partial charge in [0.25, 0.3) is 0 Å². The predicted octanol–water partition coefficient (Wildman–Crippen LogP) is 2.93. The number of nitrogens with one attached hydrogen (secondary N) is 1. The van der Waals surface area contributed by atoms with E-state index in [1.807, 2.05) is 31.6 Å². The Labute approximate surface area is 109 Å². The Morgan fingerprint density at radius 3 is 2.53 bits per heavy atom. The summed E-state index contributed by atoms with van der Waals surface area (Å²) in [7, 11) is 1.91. The Balaban J connectivity index is 2.30. The molecule has 0 radical (unpaired) electrons. The van der Waals surface area contributed by atoms with Gasteiger partial charge in [0.1, 0.15) is 0 Å². The monoisotopic (exact) mass is 291 g/mol. The average Bonchev–Trinajstić information content (AvgIpc) is 2.34. The molecule has 2 aromatic rings. The second-order valence-corrected chi connectivity index (χ2v) is 4.76. The summed E-state index contributed by atoms with van der Waals surface area (Å²) in [4.78, 5) is 8.73. The maximum Gasteiger partial charge on any atom is 0.159 e. The standard InChI is InChI=1S/C13H14BrN3/c1-9-3-4-11(5-12(9)14)13-16-7-10(6-15-2)8-17-13/h3-5,7-8,15H,6H2,1-2H3. The molecule has 0 spiro atoms. The first-order chi connectivity index (χ1) is 8.20. The molecule has 0 amide bonds. The SMILES string of the molecule is CNCc1cnc(-c2ccc(C)c(Br)c2)nc1. The summed E-state index contributed by atoms with van der Waals surface area (Å²) >= 11 is 3.52. The summed E-state index contributed by atoms with van der Waals surface area (Å²) in [5.41, 5.74) is 3.32. The zero-order valence-electron chi connectivity index (χ0n) is 9.87. The van der Waals surface area contributed by atoms with E-state index >= 15 is 0 Å². The summed E-state index contributed by atoms with van der Waals surface area (Å²) in [6.07, 6.45) is 3.71. The highest BCUT2D eigenvalue weighted by molar-refractivity contribution is 9.10. The van der Waals surface area contributed by atoms with Gasteiger partial charge in [0.2, 0.25) is 0 Å². The zero-order chi connectivity index (χ0) is 12.3. The molecule has 0 bridgehead atoms. The van der Waals surface area contributed by atoms with Crippen molar-refractivity contribution in [1.29, 1.82) is 0 Å². The Kier molecular flexibility index (Phi) is 3.86. The van der Waals surface area contributed by atoms with Crippen molar-refractivity contribution in [2.45, 2.75) is 13.5 Å². The molecular formula is C13H14BrN3. The van der Waals surface area contributed by atoms with Crippen LogP contribution in [-0.4, -0.2) is 17.0 Å². The summed E-state index contributed by atoms with van der Waals surface area (Å²) in [5.74, 6) is 0.755. The highest BCUT2D eigenvalue weighted by Gasteiger charge is 2.03. The minimum absolute atomic E-state index is 0.755. The van der Waals surface area contributed by atoms with Crippen molar-refractivity contribution in [2.75, 3.05) is 7.05 Å². The highest BCUT2D eigenvalue weighted by atomic mass is 79.9. The Hall–Kier alpha value is -1.26. The molecule has 0 aliphatic carbocycles. The Morgan fingerprint density at radius 2 is 1.94 bits per heavy atom. The summed E-state index contributed by atoms with van der Waals surface area (Å²) < 4.78 is 1.08. The quantitative estimate of drug-likeness (QED) is 0.945. The molecule has 0 saturated carbocycles. The summed E-state index contributed by atoms with van der Waals surface area (Å²) in [6, 6.07) is 6.14. The molecule has 17 heavy (non-hydrogen) atoms. The topological polar surface area (TPSA) is 37.8 Å². The van der Waals surface area contributed by atoms with Gasteiger partial charge in [-0.3, -0.25) is 0 Å². The van der Waals surface area contributed by atoms with E-state index in [0.29, 0.717) is 0 Å². The van der Waals surface area contributed by atoms with Crippen LogP contribution in [0.15, 0.2) is 35.1 Å². The number of halogens is 1. The zero-order valence-corrected chi connectivity index (χ0v) is 11.5. The van der Waals surface area contributed by atoms with Crippen molar-refractivity contribution in [3.8, 4) is 11.4 Å². The van der Waals surface area contributed by atoms with Crippen LogP contribution in [0.5, 0.6) is 0 Å². The maximum absolute atomic E-state index is 4.37. The summed E-state index contributed by atoms with van der Waals surface area (Å²) in [5, 5.41) is 3.07. The van der Waals surface area contributed by atoms with Crippen LogP contribution in [0.4, 0.5) is 0 Å². The van der Waals surface area contributed by atoms with Crippen molar-refractivity contribution >= 4 is 15.9 Å². The summed E-state index contributed by atoms with van der Waals surface area (Å²) in [6.45, 7) is 2.85. The number of rotatable bonds is 3. The van der Waals surface area contributed by atoms with Crippen LogP contribution >= 0.6 is 15.9 Å². The van der Waals surface area contributed by atoms with Crippen LogP contribution in [0.2, 0.25) is 0 Å². The van der Waals surface area contributed by atoms with E-state index in [1.165, 1.54) is 5.56 Å². The van der Waals surface area contributed by atoms with E-state index in [4.69, 9.17) is 0 Å². The molecule has 4 heteroatoms. The lowest BCUT2D eigenvalue weighted by atomic mass is 10.1. The first kappa shape index (κ1) is 12.2. The van der Waals surface area contributed by atoms with Crippen LogP contribution < -0.4 is 5.32 Å². The number of hydrogen-bond acceptors (Lipinski definition) is 3. The van der Waals surface area contributed by atoms with E-state index < -0.39 is 0 Å². The minimum Gasteiger partial charge on any atom is -0.316 e. The third kappa shape index (κ3) is 2.90. The highest BCUT2D eigenvalue weighted by Crippen LogP contribution is 2.22. The largest absolute Gasteiger partial charge is 0.316 e. The van der Waals surface area contributed by atoms with Crippen LogP contribution in [0.1, 0.15) is 11.1 Å². The van der Waals surface area contributed by atoms with Crippen molar-refractivity contribution in [1.82, 2.24) is 15.3 Å². The lowest BCUT2D eigenvalue weighted by Crippen LogP contribution is -2.06. The molecule has 0 fully saturated rings. The second kappa shape index (κ2) is 5.38. The first-order valence-electron chi connectivity index (χ1n) is 5.43. The second-order valence-electron chi connectivity index (χ2n) is 3.91. The average molecular weight is 292 g/mol. The smallest absolute Gasteiger partial charge is 0.159 e. The molecule has 0 saturated heterocycles. The van der Waals surface area contributed by atoms with Gasteiger partial charge in [0.05, 0.1) is 0 Å². The minimum atomic E-state index is 0.755. The lowest BCUT2D eigenvalue weighted by Gasteiger charge is -2.04. The van der Waals surface area contributed by atoms with Gasteiger partial charge in [-0.05, 0) is 25.6 Å². The fourth-order valence-corrected chi connectivity index (χ4v) is 1.91. The van der Waals surface area contributed by atoms with Crippen LogP contribution in [0, 0.1) is 6.92 Å². The van der Waals surface area contributed by atoms with Gasteiger partial charge in [-0.15, -0.1) is 0 Å². The predicted molar refractivity (Wildman–Crippen MR) is 72.7 cm³/mol. The van der Waals surface area contributed by atoms with Crippen molar-refractivity contribution in [3.63, 3.8) is 0 Å². The third-order valence-electron chi connectivity index (χ3n) is 2.52. The first-order valence-corrected chi connectivity index (χ1v) is 6.22. The fourth-order valence-electron chi connectivity index (χ4n) is 1.53. The van der Waals surface area contributed by atoms with Gasteiger partial charge in [0.15, 0.2) is 5.82 Å². The Bertz CT molecular complexity index is 509. The van der Waals surface area contributed by atoms with E-state index in [0.717, 1.165) is 28.0 Å². The van der Waals surface area contributed by atoms with Gasteiger partial charge in [-0.1, -0.05) is 28.1 Å². The number of hydrogen-bond donors (Lipinski definition) is 1. The molecule has 0 aliphatic rings. The molecule has 2 rings (SSSR count). The number of nitrogens with zero attached hydrogens (tertiary/aromatic N) is 2. The van der Waals surface area contributed by atoms with Gasteiger partial charge in [0, 0.05) is 34.5 Å². The Morgan fingerprint density at radius 1 is 1.24 bits per heavy atom. The van der Waals surface area contributed by atoms with E-state index in [-0.39, 0.29) is 0 Å². The molecule has 88 valence electrons. The fraction of sp³-hybridized carbons (Fsp3) is 0.231. The molecule has 1 heterocycles. The van der Waals surface area contributed by atoms with Gasteiger partial charge in [-0.25, -0.2) is 9.97 Å². The van der Waals surface area contributed by atoms with Crippen molar-refractivity contribution < 1.29 is 0 Å². The van der Waals surface area contributed by atoms with Crippen LogP contribution in [-0.2, 0) is 6.54 Å². The maximum atomic E-state index is 4.37. The van der Waals surface area contributed by atoms with E-state index in [1.54, 1.807) is 0 Å². The molecule has 3 nitrogen and oxygen atoms in total. The lowest BCUT2D eigenvalue weighted by molar-refractivity contribution is 0.807. The number of aromatic nitrogens is 2. The van der Waals surface area contributed by atoms with Gasteiger partial charge < -0.3 is 5.32 Å². The molecule has 1 N–H and O–H groups in total. The van der Waals surface area contributed by atoms with Gasteiger partial charge >= 0.3 is 0 Å². The van der Waals surface area contributed by atoms with E-state index in [9.17, 15) is 0 Å². The van der Waals surface area contributed by atoms with Crippen molar-refractivity contribution in [3.05, 3.63) is 46.2 Å². The molecule has 0 aliphatic heterocycles. The molecule has 1 aromatic heterocycles. The molecule has 0 unspecified atom stereocenters.